The monoisotopic (exact) mass is 233 g/mol. The van der Waals surface area contributed by atoms with E-state index in [0.717, 1.165) is 6.20 Å². The molecule has 86 valence electrons. The average Bonchev–Trinajstić information content (AvgIpc) is 2.19. The maximum Gasteiger partial charge on any atom is 0.573 e. The SMILES string of the molecule is N#Cc1c(CO)ncc(N)c1OC(F)(F)F. The van der Waals surface area contributed by atoms with E-state index in [0.29, 0.717) is 0 Å². The summed E-state index contributed by atoms with van der Waals surface area (Å²) in [6.07, 6.45) is -4.08. The number of halogens is 3. The van der Waals surface area contributed by atoms with Crippen LogP contribution in [0.25, 0.3) is 0 Å². The Hall–Kier alpha value is -2.01. The maximum atomic E-state index is 12.0. The van der Waals surface area contributed by atoms with Crippen LogP contribution in [0.3, 0.4) is 0 Å². The molecule has 8 heteroatoms. The van der Waals surface area contributed by atoms with Crippen LogP contribution in [0.2, 0.25) is 0 Å². The fourth-order valence-electron chi connectivity index (χ4n) is 1.01. The Morgan fingerprint density at radius 1 is 1.56 bits per heavy atom. The third-order valence-corrected chi connectivity index (χ3v) is 1.62. The van der Waals surface area contributed by atoms with Gasteiger partial charge in [0.15, 0.2) is 5.75 Å². The Morgan fingerprint density at radius 2 is 2.19 bits per heavy atom. The molecule has 0 spiro atoms. The number of ether oxygens (including phenoxy) is 1. The summed E-state index contributed by atoms with van der Waals surface area (Å²) < 4.78 is 39.6. The molecule has 0 saturated carbocycles. The van der Waals surface area contributed by atoms with Gasteiger partial charge in [0.05, 0.1) is 24.2 Å². The summed E-state index contributed by atoms with van der Waals surface area (Å²) in [5.41, 5.74) is 4.03. The number of nitriles is 1. The minimum atomic E-state index is -4.96. The highest BCUT2D eigenvalue weighted by Gasteiger charge is 2.34. The van der Waals surface area contributed by atoms with Gasteiger partial charge in [-0.1, -0.05) is 0 Å². The number of hydrogen-bond acceptors (Lipinski definition) is 5. The Bertz CT molecular complexity index is 439. The third kappa shape index (κ3) is 2.52. The second kappa shape index (κ2) is 4.24. The van der Waals surface area contributed by atoms with Crippen LogP contribution in [-0.4, -0.2) is 16.5 Å². The number of nitrogen functional groups attached to an aromatic ring is 1. The summed E-state index contributed by atoms with van der Waals surface area (Å²) in [5.74, 6) is -0.839. The molecular weight excluding hydrogens is 227 g/mol. The van der Waals surface area contributed by atoms with Gasteiger partial charge in [-0.2, -0.15) is 5.26 Å². The summed E-state index contributed by atoms with van der Waals surface area (Å²) in [7, 11) is 0. The van der Waals surface area contributed by atoms with Gasteiger partial charge in [0.2, 0.25) is 0 Å². The predicted octanol–water partition coefficient (Wildman–Crippen LogP) is 0.926. The molecule has 0 fully saturated rings. The van der Waals surface area contributed by atoms with Gasteiger partial charge in [-0.05, 0) is 0 Å². The molecule has 1 heterocycles. The number of aromatic nitrogens is 1. The van der Waals surface area contributed by atoms with E-state index in [-0.39, 0.29) is 5.69 Å². The van der Waals surface area contributed by atoms with Gasteiger partial charge in [-0.25, -0.2) is 0 Å². The molecule has 0 aliphatic rings. The number of nitrogens with two attached hydrogens (primary N) is 1. The maximum absolute atomic E-state index is 12.0. The first-order chi connectivity index (χ1) is 7.39. The second-order valence-corrected chi connectivity index (χ2v) is 2.68. The minimum Gasteiger partial charge on any atom is -0.402 e. The van der Waals surface area contributed by atoms with Crippen LogP contribution in [0.5, 0.6) is 5.75 Å². The number of aliphatic hydroxyl groups is 1. The van der Waals surface area contributed by atoms with Gasteiger partial charge in [-0.15, -0.1) is 13.2 Å². The average molecular weight is 233 g/mol. The van der Waals surface area contributed by atoms with Crippen molar-refractivity contribution in [1.82, 2.24) is 4.98 Å². The lowest BCUT2D eigenvalue weighted by Gasteiger charge is -2.13. The lowest BCUT2D eigenvalue weighted by molar-refractivity contribution is -0.274. The summed E-state index contributed by atoms with van der Waals surface area (Å²) in [5, 5.41) is 17.4. The highest BCUT2D eigenvalue weighted by molar-refractivity contribution is 5.61. The van der Waals surface area contributed by atoms with Gasteiger partial charge >= 0.3 is 6.36 Å². The van der Waals surface area contributed by atoms with Crippen molar-refractivity contribution in [2.24, 2.45) is 0 Å². The largest absolute Gasteiger partial charge is 0.573 e. The molecule has 0 bridgehead atoms. The normalized spacial score (nSPS) is 10.9. The van der Waals surface area contributed by atoms with Crippen molar-refractivity contribution in [2.45, 2.75) is 13.0 Å². The van der Waals surface area contributed by atoms with Crippen LogP contribution in [-0.2, 0) is 6.61 Å². The van der Waals surface area contributed by atoms with E-state index in [9.17, 15) is 13.2 Å². The molecule has 0 radical (unpaired) electrons. The Kier molecular flexibility index (Phi) is 3.20. The Morgan fingerprint density at radius 3 is 2.62 bits per heavy atom. The van der Waals surface area contributed by atoms with Crippen LogP contribution >= 0.6 is 0 Å². The number of nitrogens with zero attached hydrogens (tertiary/aromatic N) is 2. The van der Waals surface area contributed by atoms with Crippen LogP contribution in [0, 0.1) is 11.3 Å². The molecule has 0 aliphatic carbocycles. The van der Waals surface area contributed by atoms with E-state index in [1.807, 2.05) is 0 Å². The fourth-order valence-corrected chi connectivity index (χ4v) is 1.01. The molecule has 1 rings (SSSR count). The minimum absolute atomic E-state index is 0.226. The van der Waals surface area contributed by atoms with Gasteiger partial charge in [0.1, 0.15) is 11.6 Å². The molecule has 1 aromatic rings. The summed E-state index contributed by atoms with van der Waals surface area (Å²) >= 11 is 0. The van der Waals surface area contributed by atoms with E-state index in [1.54, 1.807) is 0 Å². The van der Waals surface area contributed by atoms with Crippen molar-refractivity contribution in [2.75, 3.05) is 5.73 Å². The van der Waals surface area contributed by atoms with E-state index >= 15 is 0 Å². The Balaban J connectivity index is 3.31. The summed E-state index contributed by atoms with van der Waals surface area (Å²) in [6, 6.07) is 1.45. The number of pyridine rings is 1. The molecule has 5 nitrogen and oxygen atoms in total. The molecule has 0 amide bonds. The molecule has 1 aromatic heterocycles. The molecule has 0 saturated heterocycles. The van der Waals surface area contributed by atoms with Crippen LogP contribution < -0.4 is 10.5 Å². The predicted molar refractivity (Wildman–Crippen MR) is 46.0 cm³/mol. The quantitative estimate of drug-likeness (QED) is 0.792. The lowest BCUT2D eigenvalue weighted by atomic mass is 10.2. The van der Waals surface area contributed by atoms with Crippen molar-refractivity contribution in [3.05, 3.63) is 17.5 Å². The molecule has 0 unspecified atom stereocenters. The second-order valence-electron chi connectivity index (χ2n) is 2.68. The van der Waals surface area contributed by atoms with E-state index < -0.39 is 30.0 Å². The zero-order valence-corrected chi connectivity index (χ0v) is 7.75. The van der Waals surface area contributed by atoms with Crippen molar-refractivity contribution in [3.63, 3.8) is 0 Å². The van der Waals surface area contributed by atoms with Gasteiger partial charge in [0, 0.05) is 0 Å². The Labute approximate surface area is 87.9 Å². The molecule has 16 heavy (non-hydrogen) atoms. The van der Waals surface area contributed by atoms with Crippen LogP contribution in [0.15, 0.2) is 6.20 Å². The highest BCUT2D eigenvalue weighted by Crippen LogP contribution is 2.32. The summed E-state index contributed by atoms with van der Waals surface area (Å²) in [4.78, 5) is 3.51. The molecule has 0 atom stereocenters. The van der Waals surface area contributed by atoms with E-state index in [4.69, 9.17) is 16.1 Å². The standard InChI is InChI=1S/C8H6F3N3O2/c9-8(10,11)16-7-4(1-12)6(3-15)14-2-5(7)13/h2,15H,3,13H2. The molecule has 3 N–H and O–H groups in total. The zero-order chi connectivity index (χ0) is 12.3. The number of alkyl halides is 3. The molecular formula is C8H6F3N3O2. The van der Waals surface area contributed by atoms with Crippen molar-refractivity contribution < 1.29 is 23.0 Å². The topological polar surface area (TPSA) is 92.2 Å². The van der Waals surface area contributed by atoms with Crippen LogP contribution in [0.4, 0.5) is 18.9 Å². The van der Waals surface area contributed by atoms with Gasteiger partial charge in [0.25, 0.3) is 0 Å². The smallest absolute Gasteiger partial charge is 0.402 e. The number of anilines is 1. The van der Waals surface area contributed by atoms with E-state index in [2.05, 4.69) is 9.72 Å². The molecule has 0 aromatic carbocycles. The lowest BCUT2D eigenvalue weighted by Crippen LogP contribution is -2.19. The van der Waals surface area contributed by atoms with E-state index in [1.165, 1.54) is 6.07 Å². The summed E-state index contributed by atoms with van der Waals surface area (Å²) in [6.45, 7) is -0.683. The van der Waals surface area contributed by atoms with Crippen molar-refractivity contribution >= 4 is 5.69 Å². The number of hydrogen-bond donors (Lipinski definition) is 2. The van der Waals surface area contributed by atoms with Crippen LogP contribution in [0.1, 0.15) is 11.3 Å². The van der Waals surface area contributed by atoms with Crippen molar-refractivity contribution in [3.8, 4) is 11.8 Å². The first-order valence-corrected chi connectivity index (χ1v) is 3.93. The highest BCUT2D eigenvalue weighted by atomic mass is 19.4. The number of rotatable bonds is 2. The zero-order valence-electron chi connectivity index (χ0n) is 7.75. The molecule has 0 aliphatic heterocycles. The first-order valence-electron chi connectivity index (χ1n) is 3.93. The fraction of sp³-hybridized carbons (Fsp3) is 0.250. The first kappa shape index (κ1) is 12.1. The van der Waals surface area contributed by atoms with Gasteiger partial charge < -0.3 is 15.6 Å². The van der Waals surface area contributed by atoms with Gasteiger partial charge in [-0.3, -0.25) is 4.98 Å². The third-order valence-electron chi connectivity index (χ3n) is 1.62. The van der Waals surface area contributed by atoms with Crippen molar-refractivity contribution in [1.29, 1.82) is 5.26 Å². The number of aliphatic hydroxyl groups excluding tert-OH is 1.